The summed E-state index contributed by atoms with van der Waals surface area (Å²) in [6.07, 6.45) is 3.48. The minimum atomic E-state index is -1.57. The molecule has 0 saturated carbocycles. The SMILES string of the molecule is CC(C)C[C@H](NC(=O)CNC(=O)[C@H](CC(C)C)NC(=O)[C@H](Cc1cnc[nH]1)NC(=O)[C@H](CO)NC(=O)[C@H](C)NC(=O)[C@@H](N)CCCN=C(N)N)C(=O)N[C@@H](C)C(=O)O. The fraction of sp³-hybridized carbons (Fsp3) is 0.657. The molecule has 58 heavy (non-hydrogen) atoms. The number of aliphatic imine (C=N–C) groups is 1. The number of H-pyrrole nitrogens is 1. The second kappa shape index (κ2) is 25.4. The summed E-state index contributed by atoms with van der Waals surface area (Å²) in [5.41, 5.74) is 16.9. The van der Waals surface area contributed by atoms with Crippen LogP contribution in [0, 0.1) is 11.8 Å². The average molecular weight is 824 g/mol. The Balaban J connectivity index is 3.03. The Morgan fingerprint density at radius 2 is 1.26 bits per heavy atom. The standard InChI is InChI=1S/C35H61N13O10/c1-17(2)10-23(30(53)41-14-27(50)45-24(11-18(3)4)31(54)44-20(6)34(57)58)46-32(55)25(12-21-13-39-16-42-21)47-33(56)26(15-49)48-28(51)19(5)43-29(52)22(36)8-7-9-40-35(37)38/h13,16-20,22-26,49H,7-12,14-15,36H2,1-6H3,(H,39,42)(H,41,53)(H,43,52)(H,44,54)(H,45,50)(H,46,55)(H,47,56)(H,48,51)(H,57,58)(H4,37,38,40)/t19-,20-,22-,23-,24-,25-,26-/m0/s1. The van der Waals surface area contributed by atoms with Crippen molar-refractivity contribution in [2.75, 3.05) is 19.7 Å². The summed E-state index contributed by atoms with van der Waals surface area (Å²) < 4.78 is 0. The summed E-state index contributed by atoms with van der Waals surface area (Å²) in [6.45, 7) is 8.57. The fourth-order valence-electron chi connectivity index (χ4n) is 5.21. The third-order valence-corrected chi connectivity index (χ3v) is 8.34. The number of imidazole rings is 1. The lowest BCUT2D eigenvalue weighted by Gasteiger charge is -2.26. The first kappa shape index (κ1) is 50.2. The van der Waals surface area contributed by atoms with Crippen LogP contribution in [0.2, 0.25) is 0 Å². The molecule has 7 amide bonds. The molecule has 0 saturated heterocycles. The smallest absolute Gasteiger partial charge is 0.325 e. The van der Waals surface area contributed by atoms with Gasteiger partial charge in [0, 0.05) is 24.9 Å². The topological polar surface area (TPSA) is 380 Å². The van der Waals surface area contributed by atoms with Gasteiger partial charge in [0.1, 0.15) is 36.3 Å². The highest BCUT2D eigenvalue weighted by atomic mass is 16.4. The summed E-state index contributed by atoms with van der Waals surface area (Å²) in [4.78, 5) is 113. The molecule has 0 aliphatic rings. The van der Waals surface area contributed by atoms with Crippen molar-refractivity contribution in [3.63, 3.8) is 0 Å². The fourth-order valence-corrected chi connectivity index (χ4v) is 5.21. The predicted octanol–water partition coefficient (Wildman–Crippen LogP) is -4.43. The molecule has 0 aliphatic heterocycles. The van der Waals surface area contributed by atoms with Crippen LogP contribution >= 0.6 is 0 Å². The van der Waals surface area contributed by atoms with Gasteiger partial charge in [-0.3, -0.25) is 43.3 Å². The lowest BCUT2D eigenvalue weighted by Crippen LogP contribution is -2.60. The van der Waals surface area contributed by atoms with Crippen molar-refractivity contribution in [1.29, 1.82) is 0 Å². The predicted molar refractivity (Wildman–Crippen MR) is 210 cm³/mol. The number of aliphatic hydroxyl groups excluding tert-OH is 1. The van der Waals surface area contributed by atoms with Crippen LogP contribution in [0.15, 0.2) is 17.5 Å². The molecule has 0 fully saturated rings. The molecular formula is C35H61N13O10. The summed E-state index contributed by atoms with van der Waals surface area (Å²) in [5, 5.41) is 36.3. The zero-order valence-electron chi connectivity index (χ0n) is 33.8. The van der Waals surface area contributed by atoms with Crippen LogP contribution in [0.5, 0.6) is 0 Å². The van der Waals surface area contributed by atoms with E-state index in [0.29, 0.717) is 12.1 Å². The number of hydrogen-bond acceptors (Lipinski definition) is 12. The van der Waals surface area contributed by atoms with E-state index in [4.69, 9.17) is 22.3 Å². The number of carboxylic acids is 1. The van der Waals surface area contributed by atoms with Gasteiger partial charge < -0.3 is 69.6 Å². The molecule has 0 bridgehead atoms. The zero-order chi connectivity index (χ0) is 44.1. The highest BCUT2D eigenvalue weighted by Gasteiger charge is 2.32. The van der Waals surface area contributed by atoms with Crippen molar-refractivity contribution >= 4 is 53.3 Å². The second-order valence-electron chi connectivity index (χ2n) is 14.6. The Bertz CT molecular complexity index is 1570. The molecule has 16 N–H and O–H groups in total. The number of hydrogen-bond donors (Lipinski definition) is 13. The lowest BCUT2D eigenvalue weighted by atomic mass is 10.0. The van der Waals surface area contributed by atoms with Gasteiger partial charge >= 0.3 is 5.97 Å². The van der Waals surface area contributed by atoms with Gasteiger partial charge in [0.15, 0.2) is 5.96 Å². The molecule has 0 unspecified atom stereocenters. The van der Waals surface area contributed by atoms with Crippen LogP contribution in [-0.4, -0.2) is 135 Å². The number of rotatable bonds is 26. The van der Waals surface area contributed by atoms with E-state index < -0.39 is 103 Å². The van der Waals surface area contributed by atoms with Crippen molar-refractivity contribution < 1.29 is 48.6 Å². The molecular weight excluding hydrogens is 762 g/mol. The number of guanidine groups is 1. The Labute approximate surface area is 336 Å². The molecule has 0 aromatic carbocycles. The maximum absolute atomic E-state index is 13.7. The van der Waals surface area contributed by atoms with Gasteiger partial charge in [-0.25, -0.2) is 4.98 Å². The van der Waals surface area contributed by atoms with Crippen LogP contribution in [0.1, 0.15) is 72.9 Å². The molecule has 7 atom stereocenters. The van der Waals surface area contributed by atoms with Crippen LogP contribution < -0.4 is 54.4 Å². The highest BCUT2D eigenvalue weighted by Crippen LogP contribution is 2.09. The zero-order valence-corrected chi connectivity index (χ0v) is 33.8. The molecule has 23 nitrogen and oxygen atoms in total. The number of nitrogens with two attached hydrogens (primary N) is 3. The average Bonchev–Trinajstić information content (AvgIpc) is 3.65. The normalized spacial score (nSPS) is 14.7. The number of aromatic nitrogens is 2. The van der Waals surface area contributed by atoms with Crippen molar-refractivity contribution in [3.8, 4) is 0 Å². The van der Waals surface area contributed by atoms with Gasteiger partial charge in [0.2, 0.25) is 41.4 Å². The monoisotopic (exact) mass is 823 g/mol. The Hall–Kier alpha value is -5.84. The molecule has 1 aromatic heterocycles. The van der Waals surface area contributed by atoms with E-state index in [1.165, 1.54) is 26.4 Å². The number of amides is 7. The quantitative estimate of drug-likeness (QED) is 0.0238. The van der Waals surface area contributed by atoms with Gasteiger partial charge in [-0.15, -0.1) is 0 Å². The Morgan fingerprint density at radius 3 is 1.79 bits per heavy atom. The summed E-state index contributed by atoms with van der Waals surface area (Å²) in [5.74, 6) is -7.07. The summed E-state index contributed by atoms with van der Waals surface area (Å²) in [7, 11) is 0. The van der Waals surface area contributed by atoms with Gasteiger partial charge in [-0.2, -0.15) is 0 Å². The minimum absolute atomic E-state index is 0.0591. The summed E-state index contributed by atoms with van der Waals surface area (Å²) >= 11 is 0. The maximum Gasteiger partial charge on any atom is 0.325 e. The number of nitrogens with one attached hydrogen (secondary N) is 8. The first-order valence-corrected chi connectivity index (χ1v) is 18.9. The lowest BCUT2D eigenvalue weighted by molar-refractivity contribution is -0.141. The number of nitrogens with zero attached hydrogens (tertiary/aromatic N) is 2. The molecule has 326 valence electrons. The van der Waals surface area contributed by atoms with E-state index in [9.17, 15) is 43.5 Å². The second-order valence-corrected chi connectivity index (χ2v) is 14.6. The van der Waals surface area contributed by atoms with Gasteiger partial charge in [0.25, 0.3) is 0 Å². The van der Waals surface area contributed by atoms with E-state index in [1.807, 2.05) is 0 Å². The largest absolute Gasteiger partial charge is 0.480 e. The van der Waals surface area contributed by atoms with Gasteiger partial charge in [0.05, 0.1) is 25.5 Å². The molecule has 1 rings (SSSR count). The molecule has 1 aromatic rings. The van der Waals surface area contributed by atoms with Crippen LogP contribution in [0.4, 0.5) is 0 Å². The van der Waals surface area contributed by atoms with Crippen LogP contribution in [-0.2, 0) is 44.8 Å². The Kier molecular flexibility index (Phi) is 22.0. The van der Waals surface area contributed by atoms with Gasteiger partial charge in [-0.05, 0) is 51.4 Å². The van der Waals surface area contributed by atoms with Crippen molar-refractivity contribution in [1.82, 2.24) is 47.2 Å². The molecule has 0 radical (unpaired) electrons. The number of carbonyl (C=O) groups is 8. The molecule has 0 aliphatic carbocycles. The van der Waals surface area contributed by atoms with Crippen LogP contribution in [0.25, 0.3) is 0 Å². The summed E-state index contributed by atoms with van der Waals surface area (Å²) in [6, 6.07) is -8.61. The van der Waals surface area contributed by atoms with E-state index in [0.717, 1.165) is 0 Å². The number of carboxylic acid groups (broad SMARTS) is 1. The van der Waals surface area contributed by atoms with Crippen molar-refractivity contribution in [2.24, 2.45) is 34.0 Å². The maximum atomic E-state index is 13.7. The molecule has 23 heteroatoms. The molecule has 0 spiro atoms. The van der Waals surface area contributed by atoms with E-state index >= 15 is 0 Å². The van der Waals surface area contributed by atoms with E-state index in [2.05, 4.69) is 52.2 Å². The van der Waals surface area contributed by atoms with Crippen molar-refractivity contribution in [3.05, 3.63) is 18.2 Å². The number of aromatic amines is 1. The number of carbonyl (C=O) groups excluding carboxylic acids is 7. The highest BCUT2D eigenvalue weighted by molar-refractivity contribution is 5.97. The van der Waals surface area contributed by atoms with Crippen LogP contribution in [0.3, 0.4) is 0 Å². The van der Waals surface area contributed by atoms with E-state index in [1.54, 1.807) is 27.7 Å². The van der Waals surface area contributed by atoms with Gasteiger partial charge in [-0.1, -0.05) is 27.7 Å². The minimum Gasteiger partial charge on any atom is -0.480 e. The Morgan fingerprint density at radius 1 is 0.724 bits per heavy atom. The number of aliphatic carboxylic acids is 1. The third-order valence-electron chi connectivity index (χ3n) is 8.34. The first-order valence-electron chi connectivity index (χ1n) is 18.9. The number of aliphatic hydroxyl groups is 1. The first-order chi connectivity index (χ1) is 27.1. The van der Waals surface area contributed by atoms with E-state index in [-0.39, 0.29) is 50.0 Å². The van der Waals surface area contributed by atoms with Crippen molar-refractivity contribution in [2.45, 2.75) is 116 Å². The molecule has 1 heterocycles. The third kappa shape index (κ3) is 19.3.